The molecule has 0 spiro atoms. The highest BCUT2D eigenvalue weighted by atomic mass is 32.2. The smallest absolute Gasteiger partial charge is 0.304 e. The number of rotatable bonds is 8. The Morgan fingerprint density at radius 2 is 2.15 bits per heavy atom. The van der Waals surface area contributed by atoms with E-state index in [2.05, 4.69) is 0 Å². The molecule has 1 heterocycles. The van der Waals surface area contributed by atoms with E-state index < -0.39 is 20.6 Å². The molecular weight excluding hydrogens is 306 g/mol. The first-order chi connectivity index (χ1) is 9.34. The van der Waals surface area contributed by atoms with E-state index >= 15 is 0 Å². The van der Waals surface area contributed by atoms with Crippen molar-refractivity contribution in [2.45, 2.75) is 24.0 Å². The lowest BCUT2D eigenvalue weighted by atomic mass is 10.3. The molecule has 0 aliphatic heterocycles. The van der Waals surface area contributed by atoms with Crippen molar-refractivity contribution in [3.05, 3.63) is 16.2 Å². The minimum absolute atomic E-state index is 0.0477. The van der Waals surface area contributed by atoms with Crippen molar-refractivity contribution in [3.8, 4) is 0 Å². The van der Waals surface area contributed by atoms with Gasteiger partial charge in [0.1, 0.15) is 4.21 Å². The predicted molar refractivity (Wildman–Crippen MR) is 76.1 cm³/mol. The van der Waals surface area contributed by atoms with Gasteiger partial charge in [-0.1, -0.05) is 24.7 Å². The van der Waals surface area contributed by atoms with Gasteiger partial charge >= 0.3 is 5.69 Å². The van der Waals surface area contributed by atoms with E-state index in [0.717, 1.165) is 16.8 Å². The maximum absolute atomic E-state index is 12.4. The highest BCUT2D eigenvalue weighted by Gasteiger charge is 2.29. The molecule has 1 rings (SSSR count). The highest BCUT2D eigenvalue weighted by Crippen LogP contribution is 2.35. The third-order valence-electron chi connectivity index (χ3n) is 2.62. The molecule has 0 aliphatic carbocycles. The van der Waals surface area contributed by atoms with E-state index in [1.807, 2.05) is 6.92 Å². The normalized spacial score (nSPS) is 11.9. The zero-order valence-corrected chi connectivity index (χ0v) is 12.6. The van der Waals surface area contributed by atoms with Gasteiger partial charge in [-0.05, 0) is 6.42 Å². The maximum atomic E-state index is 12.4. The summed E-state index contributed by atoms with van der Waals surface area (Å²) in [5.74, 6) is 0. The first kappa shape index (κ1) is 16.8. The van der Waals surface area contributed by atoms with Crippen molar-refractivity contribution in [3.63, 3.8) is 0 Å². The molecule has 0 saturated heterocycles. The summed E-state index contributed by atoms with van der Waals surface area (Å²) in [6, 6.07) is 0.964. The van der Waals surface area contributed by atoms with E-state index in [1.54, 1.807) is 0 Å². The Morgan fingerprint density at radius 3 is 2.60 bits per heavy atom. The first-order valence-corrected chi connectivity index (χ1v) is 8.25. The summed E-state index contributed by atoms with van der Waals surface area (Å²) in [5.41, 5.74) is 5.05. The van der Waals surface area contributed by atoms with Crippen LogP contribution in [0.15, 0.2) is 10.3 Å². The van der Waals surface area contributed by atoms with Gasteiger partial charge < -0.3 is 10.8 Å². The second-order valence-corrected chi connectivity index (χ2v) is 7.30. The van der Waals surface area contributed by atoms with Gasteiger partial charge in [-0.2, -0.15) is 4.31 Å². The van der Waals surface area contributed by atoms with E-state index in [-0.39, 0.29) is 28.9 Å². The third kappa shape index (κ3) is 3.66. The largest absolute Gasteiger partial charge is 0.395 e. The summed E-state index contributed by atoms with van der Waals surface area (Å²) in [7, 11) is -3.86. The second kappa shape index (κ2) is 6.97. The fourth-order valence-corrected chi connectivity index (χ4v) is 4.41. The summed E-state index contributed by atoms with van der Waals surface area (Å²) in [4.78, 5) is 10.00. The van der Waals surface area contributed by atoms with Gasteiger partial charge in [0.25, 0.3) is 10.0 Å². The summed E-state index contributed by atoms with van der Waals surface area (Å²) in [6.45, 7) is 1.81. The lowest BCUT2D eigenvalue weighted by Crippen LogP contribution is -2.34. The van der Waals surface area contributed by atoms with Crippen LogP contribution < -0.4 is 5.73 Å². The van der Waals surface area contributed by atoms with Gasteiger partial charge in [0.15, 0.2) is 5.00 Å². The van der Waals surface area contributed by atoms with Crippen LogP contribution in [0, 0.1) is 10.1 Å². The Bertz CT molecular complexity index is 569. The van der Waals surface area contributed by atoms with E-state index in [4.69, 9.17) is 10.8 Å². The van der Waals surface area contributed by atoms with Crippen molar-refractivity contribution in [2.24, 2.45) is 0 Å². The minimum Gasteiger partial charge on any atom is -0.395 e. The molecule has 0 amide bonds. The lowest BCUT2D eigenvalue weighted by Gasteiger charge is -2.19. The Hall–Kier alpha value is -1.23. The van der Waals surface area contributed by atoms with Crippen molar-refractivity contribution < 1.29 is 18.4 Å². The Labute approximate surface area is 121 Å². The Morgan fingerprint density at radius 1 is 1.50 bits per heavy atom. The molecule has 0 fully saturated rings. The number of unbranched alkanes of at least 4 members (excludes halogenated alkanes) is 1. The number of nitrogens with zero attached hydrogens (tertiary/aromatic N) is 2. The van der Waals surface area contributed by atoms with Crippen LogP contribution in [0.4, 0.5) is 10.7 Å². The van der Waals surface area contributed by atoms with E-state index in [0.29, 0.717) is 17.8 Å². The quantitative estimate of drug-likeness (QED) is 0.543. The van der Waals surface area contributed by atoms with Gasteiger partial charge in [-0.15, -0.1) is 0 Å². The molecule has 0 saturated carbocycles. The molecule has 0 aliphatic rings. The number of aliphatic hydroxyl groups excluding tert-OH is 1. The summed E-state index contributed by atoms with van der Waals surface area (Å²) in [5, 5.41) is 19.5. The molecule has 1 aromatic heterocycles. The molecule has 114 valence electrons. The molecule has 0 atom stereocenters. The average molecular weight is 323 g/mol. The number of thiophene rings is 1. The van der Waals surface area contributed by atoms with Gasteiger partial charge in [0, 0.05) is 19.2 Å². The number of anilines is 1. The average Bonchev–Trinajstić information content (AvgIpc) is 2.77. The van der Waals surface area contributed by atoms with Crippen molar-refractivity contribution >= 4 is 32.0 Å². The molecule has 0 bridgehead atoms. The Kier molecular flexibility index (Phi) is 5.87. The molecule has 0 unspecified atom stereocenters. The number of nitrogens with two attached hydrogens (primary N) is 1. The standard InChI is InChI=1S/C10H17N3O5S2/c1-2-3-4-12(5-6-14)20(17,18)9-7-8(13(15)16)10(11)19-9/h7,14H,2-6,11H2,1H3. The van der Waals surface area contributed by atoms with Crippen LogP contribution in [0.25, 0.3) is 0 Å². The summed E-state index contributed by atoms with van der Waals surface area (Å²) >= 11 is 0.662. The monoisotopic (exact) mass is 323 g/mol. The fourth-order valence-electron chi connectivity index (χ4n) is 1.57. The van der Waals surface area contributed by atoms with Gasteiger partial charge in [-0.3, -0.25) is 10.1 Å². The molecule has 1 aromatic rings. The topological polar surface area (TPSA) is 127 Å². The van der Waals surface area contributed by atoms with Crippen LogP contribution in [0.1, 0.15) is 19.8 Å². The first-order valence-electron chi connectivity index (χ1n) is 5.99. The van der Waals surface area contributed by atoms with Gasteiger partial charge in [-0.25, -0.2) is 8.42 Å². The third-order valence-corrected chi connectivity index (χ3v) is 5.92. The number of hydrogen-bond acceptors (Lipinski definition) is 7. The lowest BCUT2D eigenvalue weighted by molar-refractivity contribution is -0.383. The fraction of sp³-hybridized carbons (Fsp3) is 0.600. The minimum atomic E-state index is -3.86. The van der Waals surface area contributed by atoms with Gasteiger partial charge in [0.05, 0.1) is 11.5 Å². The predicted octanol–water partition coefficient (Wildman–Crippen LogP) is 1.02. The van der Waals surface area contributed by atoms with Crippen molar-refractivity contribution in [1.29, 1.82) is 0 Å². The van der Waals surface area contributed by atoms with Crippen molar-refractivity contribution in [1.82, 2.24) is 4.31 Å². The van der Waals surface area contributed by atoms with E-state index in [1.165, 1.54) is 0 Å². The zero-order chi connectivity index (χ0) is 15.3. The molecular formula is C10H17N3O5S2. The van der Waals surface area contributed by atoms with Crippen LogP contribution >= 0.6 is 11.3 Å². The molecule has 3 N–H and O–H groups in total. The zero-order valence-electron chi connectivity index (χ0n) is 11.0. The van der Waals surface area contributed by atoms with Crippen LogP contribution in [-0.4, -0.2) is 42.4 Å². The number of nitrogen functional groups attached to an aromatic ring is 1. The molecule has 10 heteroatoms. The van der Waals surface area contributed by atoms with Crippen molar-refractivity contribution in [2.75, 3.05) is 25.4 Å². The van der Waals surface area contributed by atoms with Gasteiger partial charge in [0.2, 0.25) is 0 Å². The number of aliphatic hydroxyl groups is 1. The molecule has 8 nitrogen and oxygen atoms in total. The second-order valence-electron chi connectivity index (χ2n) is 4.05. The molecule has 0 aromatic carbocycles. The maximum Gasteiger partial charge on any atom is 0.304 e. The Balaban J connectivity index is 3.12. The van der Waals surface area contributed by atoms with E-state index in [9.17, 15) is 18.5 Å². The summed E-state index contributed by atoms with van der Waals surface area (Å²) in [6.07, 6.45) is 1.44. The van der Waals surface area contributed by atoms with Crippen LogP contribution in [-0.2, 0) is 10.0 Å². The summed E-state index contributed by atoms with van der Waals surface area (Å²) < 4.78 is 25.7. The number of sulfonamides is 1. The van der Waals surface area contributed by atoms with Crippen LogP contribution in [0.3, 0.4) is 0 Å². The molecule has 20 heavy (non-hydrogen) atoms. The van der Waals surface area contributed by atoms with Crippen LogP contribution in [0.5, 0.6) is 0 Å². The number of hydrogen-bond donors (Lipinski definition) is 2. The highest BCUT2D eigenvalue weighted by molar-refractivity contribution is 7.91. The SMILES string of the molecule is CCCCN(CCO)S(=O)(=O)c1cc([N+](=O)[O-])c(N)s1. The number of nitro groups is 1. The van der Waals surface area contributed by atoms with Crippen LogP contribution in [0.2, 0.25) is 0 Å². The molecule has 0 radical (unpaired) electrons.